The molecule has 18 heavy (non-hydrogen) atoms. The molecule has 2 nitrogen and oxygen atoms in total. The van der Waals surface area contributed by atoms with E-state index in [1.54, 1.807) is 0 Å². The van der Waals surface area contributed by atoms with Gasteiger partial charge in [-0.15, -0.1) is 0 Å². The molecular weight excluding hydrogens is 220 g/mol. The minimum atomic E-state index is 0.613. The van der Waals surface area contributed by atoms with Crippen molar-refractivity contribution < 1.29 is 0 Å². The third kappa shape index (κ3) is 2.45. The minimum Gasteiger partial charge on any atom is -0.312 e. The van der Waals surface area contributed by atoms with E-state index in [9.17, 15) is 0 Å². The number of nitrogens with one attached hydrogen (secondary N) is 1. The molecule has 1 aromatic carbocycles. The zero-order valence-corrected chi connectivity index (χ0v) is 11.3. The van der Waals surface area contributed by atoms with Crippen LogP contribution in [0.1, 0.15) is 37.7 Å². The average molecular weight is 244 g/mol. The second-order valence-corrected chi connectivity index (χ2v) is 5.86. The molecule has 3 atom stereocenters. The first kappa shape index (κ1) is 12.2. The highest BCUT2D eigenvalue weighted by molar-refractivity contribution is 5.19. The normalized spacial score (nSPS) is 29.4. The van der Waals surface area contributed by atoms with Crippen molar-refractivity contribution in [3.05, 3.63) is 35.9 Å². The van der Waals surface area contributed by atoms with Crippen molar-refractivity contribution in [1.29, 1.82) is 0 Å². The second kappa shape index (κ2) is 5.41. The first-order valence-corrected chi connectivity index (χ1v) is 7.37. The molecular formula is C16H24N2. The van der Waals surface area contributed by atoms with Crippen LogP contribution in [0.4, 0.5) is 0 Å². The van der Waals surface area contributed by atoms with Crippen LogP contribution in [0.2, 0.25) is 0 Å². The Kier molecular flexibility index (Phi) is 3.67. The van der Waals surface area contributed by atoms with E-state index >= 15 is 0 Å². The van der Waals surface area contributed by atoms with Gasteiger partial charge in [0.2, 0.25) is 0 Å². The van der Waals surface area contributed by atoms with Gasteiger partial charge in [-0.1, -0.05) is 37.3 Å². The molecule has 0 aliphatic carbocycles. The number of fused-ring (bicyclic) bond motifs is 1. The summed E-state index contributed by atoms with van der Waals surface area (Å²) in [4.78, 5) is 2.67. The van der Waals surface area contributed by atoms with Crippen molar-refractivity contribution in [3.63, 3.8) is 0 Å². The van der Waals surface area contributed by atoms with Crippen molar-refractivity contribution in [2.75, 3.05) is 19.6 Å². The summed E-state index contributed by atoms with van der Waals surface area (Å²) >= 11 is 0. The van der Waals surface area contributed by atoms with Crippen LogP contribution >= 0.6 is 0 Å². The van der Waals surface area contributed by atoms with Gasteiger partial charge in [0.1, 0.15) is 0 Å². The molecule has 0 saturated carbocycles. The zero-order valence-electron chi connectivity index (χ0n) is 11.3. The number of nitrogens with zero attached hydrogens (tertiary/aromatic N) is 1. The van der Waals surface area contributed by atoms with Gasteiger partial charge >= 0.3 is 0 Å². The number of rotatable bonds is 4. The second-order valence-electron chi connectivity index (χ2n) is 5.86. The van der Waals surface area contributed by atoms with Gasteiger partial charge in [-0.2, -0.15) is 0 Å². The maximum Gasteiger partial charge on any atom is 0.0250 e. The fraction of sp³-hybridized carbons (Fsp3) is 0.625. The van der Waals surface area contributed by atoms with E-state index in [1.807, 2.05) is 0 Å². The first-order chi connectivity index (χ1) is 8.84. The lowest BCUT2D eigenvalue weighted by atomic mass is 10.00. The Bertz CT molecular complexity index is 376. The fourth-order valence-corrected chi connectivity index (χ4v) is 3.55. The SMILES string of the molecule is CC(CNC1CCN2CCCC12)c1ccccc1. The van der Waals surface area contributed by atoms with Gasteiger partial charge in [-0.3, -0.25) is 4.90 Å². The lowest BCUT2D eigenvalue weighted by molar-refractivity contribution is 0.298. The van der Waals surface area contributed by atoms with Crippen LogP contribution in [0.5, 0.6) is 0 Å². The van der Waals surface area contributed by atoms with Crippen molar-refractivity contribution in [3.8, 4) is 0 Å². The molecule has 2 fully saturated rings. The molecule has 1 N–H and O–H groups in total. The average Bonchev–Trinajstić information content (AvgIpc) is 3.00. The summed E-state index contributed by atoms with van der Waals surface area (Å²) < 4.78 is 0. The highest BCUT2D eigenvalue weighted by atomic mass is 15.2. The summed E-state index contributed by atoms with van der Waals surface area (Å²) in [5.41, 5.74) is 1.45. The van der Waals surface area contributed by atoms with E-state index < -0.39 is 0 Å². The predicted molar refractivity (Wildman–Crippen MR) is 75.9 cm³/mol. The molecule has 0 aromatic heterocycles. The summed E-state index contributed by atoms with van der Waals surface area (Å²) in [5.74, 6) is 0.613. The third-order valence-electron chi connectivity index (χ3n) is 4.66. The third-order valence-corrected chi connectivity index (χ3v) is 4.66. The monoisotopic (exact) mass is 244 g/mol. The highest BCUT2D eigenvalue weighted by Crippen LogP contribution is 2.28. The summed E-state index contributed by atoms with van der Waals surface area (Å²) in [6, 6.07) is 12.4. The Morgan fingerprint density at radius 1 is 1.22 bits per heavy atom. The van der Waals surface area contributed by atoms with Crippen LogP contribution in [0.15, 0.2) is 30.3 Å². The van der Waals surface area contributed by atoms with Gasteiger partial charge in [-0.05, 0) is 37.3 Å². The molecule has 2 heterocycles. The van der Waals surface area contributed by atoms with E-state index in [1.165, 1.54) is 37.9 Å². The molecule has 3 unspecified atom stereocenters. The first-order valence-electron chi connectivity index (χ1n) is 7.37. The lowest BCUT2D eigenvalue weighted by Crippen LogP contribution is -2.40. The van der Waals surface area contributed by atoms with E-state index in [-0.39, 0.29) is 0 Å². The lowest BCUT2D eigenvalue weighted by Gasteiger charge is -2.23. The van der Waals surface area contributed by atoms with E-state index in [0.717, 1.165) is 18.6 Å². The molecule has 2 heteroatoms. The Morgan fingerprint density at radius 3 is 2.89 bits per heavy atom. The topological polar surface area (TPSA) is 15.3 Å². The van der Waals surface area contributed by atoms with E-state index in [0.29, 0.717) is 5.92 Å². The van der Waals surface area contributed by atoms with Crippen LogP contribution in [0, 0.1) is 0 Å². The van der Waals surface area contributed by atoms with Crippen molar-refractivity contribution >= 4 is 0 Å². The molecule has 0 spiro atoms. The van der Waals surface area contributed by atoms with Gasteiger partial charge in [0, 0.05) is 25.2 Å². The van der Waals surface area contributed by atoms with Gasteiger partial charge in [0.15, 0.2) is 0 Å². The number of benzene rings is 1. The maximum absolute atomic E-state index is 3.81. The fourth-order valence-electron chi connectivity index (χ4n) is 3.55. The maximum atomic E-state index is 3.81. The van der Waals surface area contributed by atoms with Crippen LogP contribution in [-0.4, -0.2) is 36.6 Å². The summed E-state index contributed by atoms with van der Waals surface area (Å²) in [6.07, 6.45) is 4.14. The smallest absolute Gasteiger partial charge is 0.0250 e. The number of hydrogen-bond acceptors (Lipinski definition) is 2. The number of hydrogen-bond donors (Lipinski definition) is 1. The van der Waals surface area contributed by atoms with E-state index in [4.69, 9.17) is 0 Å². The highest BCUT2D eigenvalue weighted by Gasteiger charge is 2.36. The molecule has 2 aliphatic heterocycles. The Morgan fingerprint density at radius 2 is 2.06 bits per heavy atom. The van der Waals surface area contributed by atoms with Crippen LogP contribution < -0.4 is 5.32 Å². The predicted octanol–water partition coefficient (Wildman–Crippen LogP) is 2.62. The van der Waals surface area contributed by atoms with Gasteiger partial charge in [0.25, 0.3) is 0 Å². The molecule has 0 radical (unpaired) electrons. The molecule has 2 saturated heterocycles. The molecule has 3 rings (SSSR count). The summed E-state index contributed by atoms with van der Waals surface area (Å²) in [6.45, 7) is 6.07. The molecule has 0 amide bonds. The quantitative estimate of drug-likeness (QED) is 0.876. The van der Waals surface area contributed by atoms with Crippen molar-refractivity contribution in [2.45, 2.75) is 44.2 Å². The summed E-state index contributed by atoms with van der Waals surface area (Å²) in [5, 5.41) is 3.81. The molecule has 2 aliphatic rings. The van der Waals surface area contributed by atoms with Crippen molar-refractivity contribution in [1.82, 2.24) is 10.2 Å². The van der Waals surface area contributed by atoms with Crippen LogP contribution in [-0.2, 0) is 0 Å². The zero-order chi connectivity index (χ0) is 12.4. The minimum absolute atomic E-state index is 0.613. The van der Waals surface area contributed by atoms with Crippen LogP contribution in [0.25, 0.3) is 0 Å². The molecule has 98 valence electrons. The standard InChI is InChI=1S/C16H24N2/c1-13(14-6-3-2-4-7-14)12-17-15-9-11-18-10-5-8-16(15)18/h2-4,6-7,13,15-17H,5,8-12H2,1H3. The Labute approximate surface area is 110 Å². The molecule has 1 aromatic rings. The Hall–Kier alpha value is -0.860. The van der Waals surface area contributed by atoms with Crippen LogP contribution in [0.3, 0.4) is 0 Å². The summed E-state index contributed by atoms with van der Waals surface area (Å²) in [7, 11) is 0. The largest absolute Gasteiger partial charge is 0.312 e. The molecule has 0 bridgehead atoms. The van der Waals surface area contributed by atoms with Crippen molar-refractivity contribution in [2.24, 2.45) is 0 Å². The van der Waals surface area contributed by atoms with Gasteiger partial charge in [-0.25, -0.2) is 0 Å². The van der Waals surface area contributed by atoms with E-state index in [2.05, 4.69) is 47.5 Å². The Balaban J connectivity index is 1.52. The van der Waals surface area contributed by atoms with Gasteiger partial charge in [0.05, 0.1) is 0 Å². The van der Waals surface area contributed by atoms with Gasteiger partial charge < -0.3 is 5.32 Å².